The molecule has 0 bridgehead atoms. The molecule has 0 fully saturated rings. The van der Waals surface area contributed by atoms with Gasteiger partial charge in [0.2, 0.25) is 6.41 Å². The van der Waals surface area contributed by atoms with E-state index >= 15 is 0 Å². The SMILES string of the molecule is CC.Cc1cc(-c2cccnc2C)ccc1F.NC=O. The molecule has 1 amide bonds. The number of aryl methyl sites for hydroxylation is 2. The Hall–Kier alpha value is -2.23. The molecule has 0 radical (unpaired) electrons. The van der Waals surface area contributed by atoms with Crippen molar-refractivity contribution in [1.29, 1.82) is 0 Å². The van der Waals surface area contributed by atoms with E-state index in [4.69, 9.17) is 4.79 Å². The van der Waals surface area contributed by atoms with Crippen LogP contribution in [0.3, 0.4) is 0 Å². The zero-order chi connectivity index (χ0) is 15.5. The van der Waals surface area contributed by atoms with Gasteiger partial charge in [-0.15, -0.1) is 0 Å². The molecule has 0 saturated heterocycles. The third-order valence-electron chi connectivity index (χ3n) is 2.48. The number of aromatic nitrogens is 1. The van der Waals surface area contributed by atoms with Gasteiger partial charge in [0.25, 0.3) is 0 Å². The smallest absolute Gasteiger partial charge is 0.204 e. The van der Waals surface area contributed by atoms with Gasteiger partial charge >= 0.3 is 0 Å². The largest absolute Gasteiger partial charge is 0.372 e. The monoisotopic (exact) mass is 276 g/mol. The molecule has 1 heterocycles. The first-order valence-electron chi connectivity index (χ1n) is 6.43. The van der Waals surface area contributed by atoms with Crippen molar-refractivity contribution in [2.24, 2.45) is 5.73 Å². The molecule has 0 atom stereocenters. The number of benzene rings is 1. The second-order valence-electron chi connectivity index (χ2n) is 3.74. The first-order valence-corrected chi connectivity index (χ1v) is 6.43. The van der Waals surface area contributed by atoms with Crippen molar-refractivity contribution < 1.29 is 9.18 Å². The molecule has 0 unspecified atom stereocenters. The fourth-order valence-electron chi connectivity index (χ4n) is 1.60. The fraction of sp³-hybridized carbons (Fsp3) is 0.250. The zero-order valence-electron chi connectivity index (χ0n) is 12.4. The molecule has 0 aliphatic heterocycles. The van der Waals surface area contributed by atoms with Crippen LogP contribution < -0.4 is 5.73 Å². The van der Waals surface area contributed by atoms with E-state index in [1.807, 2.05) is 39.0 Å². The summed E-state index contributed by atoms with van der Waals surface area (Å²) in [5.74, 6) is -0.166. The molecule has 1 aromatic carbocycles. The summed E-state index contributed by atoms with van der Waals surface area (Å²) < 4.78 is 13.1. The van der Waals surface area contributed by atoms with Crippen molar-refractivity contribution in [3.05, 3.63) is 53.6 Å². The maximum absolute atomic E-state index is 13.1. The Morgan fingerprint density at radius 3 is 2.30 bits per heavy atom. The summed E-state index contributed by atoms with van der Waals surface area (Å²) in [6.45, 7) is 7.72. The van der Waals surface area contributed by atoms with Gasteiger partial charge in [-0.3, -0.25) is 9.78 Å². The van der Waals surface area contributed by atoms with Crippen molar-refractivity contribution in [1.82, 2.24) is 4.98 Å². The van der Waals surface area contributed by atoms with E-state index in [9.17, 15) is 4.39 Å². The summed E-state index contributed by atoms with van der Waals surface area (Å²) in [5, 5.41) is 0. The highest BCUT2D eigenvalue weighted by molar-refractivity contribution is 5.66. The maximum Gasteiger partial charge on any atom is 0.204 e. The second-order valence-corrected chi connectivity index (χ2v) is 3.74. The minimum Gasteiger partial charge on any atom is -0.372 e. The van der Waals surface area contributed by atoms with E-state index in [1.54, 1.807) is 19.2 Å². The third kappa shape index (κ3) is 5.18. The van der Waals surface area contributed by atoms with Crippen LogP contribution in [-0.4, -0.2) is 11.4 Å². The number of carbonyl (C=O) groups is 1. The average Bonchev–Trinajstić information content (AvgIpc) is 2.46. The van der Waals surface area contributed by atoms with Crippen LogP contribution in [0.1, 0.15) is 25.1 Å². The molecular formula is C16H21FN2O. The lowest BCUT2D eigenvalue weighted by Gasteiger charge is -2.06. The van der Waals surface area contributed by atoms with E-state index < -0.39 is 0 Å². The number of carbonyl (C=O) groups excluding carboxylic acids is 1. The highest BCUT2D eigenvalue weighted by atomic mass is 19.1. The molecule has 3 nitrogen and oxygen atoms in total. The van der Waals surface area contributed by atoms with Crippen LogP contribution in [0.5, 0.6) is 0 Å². The highest BCUT2D eigenvalue weighted by Crippen LogP contribution is 2.23. The lowest BCUT2D eigenvalue weighted by atomic mass is 10.0. The molecule has 2 rings (SSSR count). The van der Waals surface area contributed by atoms with Crippen molar-refractivity contribution in [3.8, 4) is 11.1 Å². The number of primary amides is 1. The standard InChI is InChI=1S/C13H12FN.C2H6.CH3NO/c1-9-8-11(5-6-13(9)14)12-4-3-7-15-10(12)2;1-2;2-1-3/h3-8H,1-2H3;1-2H3;1H,(H2,2,3). The minimum absolute atomic E-state index is 0.166. The Kier molecular flexibility index (Phi) is 8.59. The van der Waals surface area contributed by atoms with Crippen molar-refractivity contribution >= 4 is 6.41 Å². The van der Waals surface area contributed by atoms with Crippen molar-refractivity contribution in [3.63, 3.8) is 0 Å². The lowest BCUT2D eigenvalue weighted by Crippen LogP contribution is -1.88. The van der Waals surface area contributed by atoms with Gasteiger partial charge in [-0.05, 0) is 43.2 Å². The van der Waals surface area contributed by atoms with E-state index in [1.165, 1.54) is 6.07 Å². The van der Waals surface area contributed by atoms with Gasteiger partial charge in [-0.2, -0.15) is 0 Å². The van der Waals surface area contributed by atoms with Gasteiger partial charge in [0.1, 0.15) is 5.82 Å². The molecule has 2 aromatic rings. The van der Waals surface area contributed by atoms with Gasteiger partial charge in [0.05, 0.1) is 0 Å². The molecule has 0 aliphatic carbocycles. The number of hydrogen-bond donors (Lipinski definition) is 1. The van der Waals surface area contributed by atoms with Gasteiger partial charge in [0.15, 0.2) is 0 Å². The zero-order valence-corrected chi connectivity index (χ0v) is 12.4. The van der Waals surface area contributed by atoms with Crippen LogP contribution in [0, 0.1) is 19.7 Å². The van der Waals surface area contributed by atoms with E-state index in [0.29, 0.717) is 5.56 Å². The summed E-state index contributed by atoms with van der Waals surface area (Å²) in [6.07, 6.45) is 2.01. The van der Waals surface area contributed by atoms with Crippen LogP contribution in [0.15, 0.2) is 36.5 Å². The number of hydrogen-bond acceptors (Lipinski definition) is 2. The topological polar surface area (TPSA) is 56.0 Å². The maximum atomic E-state index is 13.1. The first-order chi connectivity index (χ1) is 9.60. The predicted molar refractivity (Wildman–Crippen MR) is 80.7 cm³/mol. The molecule has 1 aromatic heterocycles. The van der Waals surface area contributed by atoms with E-state index in [2.05, 4.69) is 10.7 Å². The second kappa shape index (κ2) is 9.67. The van der Waals surface area contributed by atoms with E-state index in [0.717, 1.165) is 16.8 Å². The van der Waals surface area contributed by atoms with Gasteiger partial charge in [-0.25, -0.2) is 4.39 Å². The molecule has 0 spiro atoms. The van der Waals surface area contributed by atoms with Crippen LogP contribution in [-0.2, 0) is 4.79 Å². The third-order valence-corrected chi connectivity index (χ3v) is 2.48. The molecule has 0 aliphatic rings. The normalized spacial score (nSPS) is 8.65. The Morgan fingerprint density at radius 1 is 1.20 bits per heavy atom. The number of nitrogens with two attached hydrogens (primary N) is 1. The Bertz CT molecular complexity index is 542. The fourth-order valence-corrected chi connectivity index (χ4v) is 1.60. The minimum atomic E-state index is -0.166. The summed E-state index contributed by atoms with van der Waals surface area (Å²) in [4.78, 5) is 12.8. The molecule has 2 N–H and O–H groups in total. The van der Waals surface area contributed by atoms with Crippen LogP contribution in [0.25, 0.3) is 11.1 Å². The Morgan fingerprint density at radius 2 is 1.80 bits per heavy atom. The van der Waals surface area contributed by atoms with Gasteiger partial charge in [0, 0.05) is 17.5 Å². The molecule has 4 heteroatoms. The summed E-state index contributed by atoms with van der Waals surface area (Å²) in [7, 11) is 0. The first kappa shape index (κ1) is 17.8. The Balaban J connectivity index is 0.000000641. The van der Waals surface area contributed by atoms with Gasteiger partial charge < -0.3 is 5.73 Å². The summed E-state index contributed by atoms with van der Waals surface area (Å²) in [5.41, 5.74) is 7.86. The number of pyridine rings is 1. The highest BCUT2D eigenvalue weighted by Gasteiger charge is 2.04. The molecule has 108 valence electrons. The van der Waals surface area contributed by atoms with E-state index in [-0.39, 0.29) is 12.2 Å². The number of halogens is 1. The summed E-state index contributed by atoms with van der Waals surface area (Å²) in [6, 6.07) is 9.01. The van der Waals surface area contributed by atoms with Crippen molar-refractivity contribution in [2.45, 2.75) is 27.7 Å². The number of rotatable bonds is 1. The van der Waals surface area contributed by atoms with Crippen LogP contribution in [0.2, 0.25) is 0 Å². The lowest BCUT2D eigenvalue weighted by molar-refractivity contribution is -0.106. The van der Waals surface area contributed by atoms with Crippen molar-refractivity contribution in [2.75, 3.05) is 0 Å². The molecule has 20 heavy (non-hydrogen) atoms. The molecular weight excluding hydrogens is 255 g/mol. The quantitative estimate of drug-likeness (QED) is 0.808. The average molecular weight is 276 g/mol. The number of amides is 1. The molecule has 0 saturated carbocycles. The van der Waals surface area contributed by atoms with Crippen LogP contribution in [0.4, 0.5) is 4.39 Å². The predicted octanol–water partition coefficient (Wildman–Crippen LogP) is 3.63. The summed E-state index contributed by atoms with van der Waals surface area (Å²) >= 11 is 0. The van der Waals surface area contributed by atoms with Crippen LogP contribution >= 0.6 is 0 Å². The Labute approximate surface area is 119 Å². The number of nitrogens with zero attached hydrogens (tertiary/aromatic N) is 1. The van der Waals surface area contributed by atoms with Gasteiger partial charge in [-0.1, -0.05) is 26.0 Å².